The summed E-state index contributed by atoms with van der Waals surface area (Å²) in [5.74, 6) is 1.41. The minimum absolute atomic E-state index is 0. The Bertz CT molecular complexity index is 498. The highest BCUT2D eigenvalue weighted by atomic mass is 35.5. The third-order valence-corrected chi connectivity index (χ3v) is 5.46. The number of nitrogens with two attached hydrogens (primary N) is 1. The third-order valence-electron chi connectivity index (χ3n) is 4.48. The minimum atomic E-state index is 0. The number of amides is 1. The van der Waals surface area contributed by atoms with Gasteiger partial charge in [-0.15, -0.1) is 24.2 Å². The molecule has 1 aromatic rings. The van der Waals surface area contributed by atoms with Crippen LogP contribution in [0.3, 0.4) is 0 Å². The molecule has 2 rings (SSSR count). The van der Waals surface area contributed by atoms with Crippen molar-refractivity contribution in [2.45, 2.75) is 49.6 Å². The number of ether oxygens (including phenoxy) is 1. The van der Waals surface area contributed by atoms with Crippen LogP contribution in [0.1, 0.15) is 44.2 Å². The fraction of sp³-hybridized carbons (Fsp3) is 0.611. The number of nitrogens with one attached hydrogen (secondary N) is 1. The van der Waals surface area contributed by atoms with Crippen LogP contribution in [0.4, 0.5) is 0 Å². The van der Waals surface area contributed by atoms with Gasteiger partial charge in [0.25, 0.3) is 0 Å². The lowest BCUT2D eigenvalue weighted by Gasteiger charge is -2.18. The lowest BCUT2D eigenvalue weighted by molar-refractivity contribution is -0.122. The van der Waals surface area contributed by atoms with Gasteiger partial charge >= 0.3 is 0 Å². The van der Waals surface area contributed by atoms with E-state index in [0.717, 1.165) is 37.2 Å². The van der Waals surface area contributed by atoms with Crippen LogP contribution in [0.15, 0.2) is 29.2 Å². The predicted octanol–water partition coefficient (Wildman–Crippen LogP) is 3.54. The van der Waals surface area contributed by atoms with Crippen LogP contribution in [0.25, 0.3) is 0 Å². The number of hydrogen-bond donors (Lipinski definition) is 2. The smallest absolute Gasteiger partial charge is 0.220 e. The van der Waals surface area contributed by atoms with Gasteiger partial charge in [0.15, 0.2) is 0 Å². The Kier molecular flexibility index (Phi) is 9.74. The third kappa shape index (κ3) is 6.63. The average molecular weight is 373 g/mol. The first-order valence-electron chi connectivity index (χ1n) is 8.36. The number of rotatable bonds is 8. The molecule has 6 heteroatoms. The second-order valence-electron chi connectivity index (χ2n) is 6.26. The Morgan fingerprint density at radius 3 is 2.67 bits per heavy atom. The molecule has 136 valence electrons. The fourth-order valence-corrected chi connectivity index (χ4v) is 3.85. The van der Waals surface area contributed by atoms with E-state index in [1.54, 1.807) is 18.9 Å². The van der Waals surface area contributed by atoms with Crippen molar-refractivity contribution in [3.8, 4) is 0 Å². The number of benzene rings is 1. The number of thioether (sulfide) groups is 1. The molecule has 0 spiro atoms. The van der Waals surface area contributed by atoms with Crippen molar-refractivity contribution in [1.82, 2.24) is 5.32 Å². The molecule has 0 bridgehead atoms. The van der Waals surface area contributed by atoms with Crippen LogP contribution in [-0.2, 0) is 9.53 Å². The van der Waals surface area contributed by atoms with Gasteiger partial charge in [0.1, 0.15) is 0 Å². The first kappa shape index (κ1) is 21.3. The van der Waals surface area contributed by atoms with Gasteiger partial charge in [-0.2, -0.15) is 0 Å². The molecule has 1 unspecified atom stereocenters. The maximum atomic E-state index is 12.2. The molecular formula is C18H29ClN2O2S. The monoisotopic (exact) mass is 372 g/mol. The SMILES string of the molecule is COCCSc1ccc(C(C)NC(=O)C[C@@H]2CCC[C@H]2N)cc1.Cl. The lowest BCUT2D eigenvalue weighted by Crippen LogP contribution is -2.32. The highest BCUT2D eigenvalue weighted by molar-refractivity contribution is 7.99. The molecule has 1 aromatic carbocycles. The van der Waals surface area contributed by atoms with Crippen molar-refractivity contribution in [2.75, 3.05) is 19.5 Å². The Labute approximate surface area is 155 Å². The molecule has 1 amide bonds. The van der Waals surface area contributed by atoms with Crippen LogP contribution in [-0.4, -0.2) is 31.4 Å². The van der Waals surface area contributed by atoms with Crippen LogP contribution >= 0.6 is 24.2 Å². The quantitative estimate of drug-likeness (QED) is 0.541. The number of methoxy groups -OCH3 is 1. The molecule has 0 aliphatic heterocycles. The van der Waals surface area contributed by atoms with Crippen molar-refractivity contribution >= 4 is 30.1 Å². The van der Waals surface area contributed by atoms with Gasteiger partial charge < -0.3 is 15.8 Å². The van der Waals surface area contributed by atoms with Gasteiger partial charge in [-0.25, -0.2) is 0 Å². The zero-order valence-corrected chi connectivity index (χ0v) is 16.1. The van der Waals surface area contributed by atoms with Gasteiger partial charge in [-0.3, -0.25) is 4.79 Å². The summed E-state index contributed by atoms with van der Waals surface area (Å²) in [6.07, 6.45) is 3.83. The Balaban J connectivity index is 0.00000288. The molecule has 0 aromatic heterocycles. The summed E-state index contributed by atoms with van der Waals surface area (Å²) in [7, 11) is 1.71. The van der Waals surface area contributed by atoms with Crippen molar-refractivity contribution in [2.24, 2.45) is 11.7 Å². The van der Waals surface area contributed by atoms with E-state index in [2.05, 4.69) is 29.6 Å². The molecule has 1 saturated carbocycles. The molecule has 3 N–H and O–H groups in total. The van der Waals surface area contributed by atoms with Crippen LogP contribution in [0, 0.1) is 5.92 Å². The van der Waals surface area contributed by atoms with Crippen LogP contribution in [0.5, 0.6) is 0 Å². The highest BCUT2D eigenvalue weighted by Crippen LogP contribution is 2.27. The normalized spacial score (nSPS) is 21.1. The van der Waals surface area contributed by atoms with Gasteiger partial charge in [-0.05, 0) is 43.4 Å². The van der Waals surface area contributed by atoms with Gasteiger partial charge in [0, 0.05) is 30.2 Å². The van der Waals surface area contributed by atoms with Crippen LogP contribution < -0.4 is 11.1 Å². The molecule has 4 nitrogen and oxygen atoms in total. The average Bonchev–Trinajstić information content (AvgIpc) is 2.93. The number of carbonyl (C=O) groups excluding carboxylic acids is 1. The van der Waals surface area contributed by atoms with Gasteiger partial charge in [-0.1, -0.05) is 18.6 Å². The van der Waals surface area contributed by atoms with E-state index >= 15 is 0 Å². The first-order valence-corrected chi connectivity index (χ1v) is 9.35. The zero-order valence-electron chi connectivity index (χ0n) is 14.5. The molecule has 3 atom stereocenters. The molecule has 0 radical (unpaired) electrons. The first-order chi connectivity index (χ1) is 11.1. The second-order valence-corrected chi connectivity index (χ2v) is 7.43. The van der Waals surface area contributed by atoms with Crippen molar-refractivity contribution in [3.63, 3.8) is 0 Å². The summed E-state index contributed by atoms with van der Waals surface area (Å²) < 4.78 is 5.05. The maximum Gasteiger partial charge on any atom is 0.220 e. The van der Waals surface area contributed by atoms with Crippen LogP contribution in [0.2, 0.25) is 0 Å². The summed E-state index contributed by atoms with van der Waals surface area (Å²) in [5.41, 5.74) is 7.17. The molecular weight excluding hydrogens is 344 g/mol. The summed E-state index contributed by atoms with van der Waals surface area (Å²) >= 11 is 1.77. The standard InChI is InChI=1S/C18H28N2O2S.ClH/c1-13(20-18(21)12-15-4-3-5-17(15)19)14-6-8-16(9-7-14)23-11-10-22-2;/h6-9,13,15,17H,3-5,10-12,19H2,1-2H3,(H,20,21);1H/t13?,15-,17+;/m0./s1. The van der Waals surface area contributed by atoms with Crippen molar-refractivity contribution < 1.29 is 9.53 Å². The van der Waals surface area contributed by atoms with E-state index in [-0.39, 0.29) is 30.4 Å². The second kappa shape index (κ2) is 11.0. The highest BCUT2D eigenvalue weighted by Gasteiger charge is 2.26. The molecule has 0 heterocycles. The Morgan fingerprint density at radius 1 is 1.38 bits per heavy atom. The summed E-state index contributed by atoms with van der Waals surface area (Å²) in [5, 5.41) is 3.09. The predicted molar refractivity (Wildman–Crippen MR) is 103 cm³/mol. The van der Waals surface area contributed by atoms with E-state index < -0.39 is 0 Å². The molecule has 1 aliphatic carbocycles. The van der Waals surface area contributed by atoms with E-state index in [1.165, 1.54) is 4.90 Å². The number of carbonyl (C=O) groups is 1. The van der Waals surface area contributed by atoms with E-state index in [9.17, 15) is 4.79 Å². The van der Waals surface area contributed by atoms with Crippen molar-refractivity contribution in [3.05, 3.63) is 29.8 Å². The van der Waals surface area contributed by atoms with E-state index in [1.807, 2.05) is 6.92 Å². The largest absolute Gasteiger partial charge is 0.384 e. The lowest BCUT2D eigenvalue weighted by atomic mass is 9.99. The summed E-state index contributed by atoms with van der Waals surface area (Å²) in [6.45, 7) is 2.78. The number of hydrogen-bond acceptors (Lipinski definition) is 4. The van der Waals surface area contributed by atoms with Crippen molar-refractivity contribution in [1.29, 1.82) is 0 Å². The summed E-state index contributed by atoms with van der Waals surface area (Å²) in [6, 6.07) is 8.59. The minimum Gasteiger partial charge on any atom is -0.384 e. The van der Waals surface area contributed by atoms with E-state index in [4.69, 9.17) is 10.5 Å². The van der Waals surface area contributed by atoms with Gasteiger partial charge in [0.05, 0.1) is 12.6 Å². The van der Waals surface area contributed by atoms with E-state index in [0.29, 0.717) is 12.3 Å². The fourth-order valence-electron chi connectivity index (χ4n) is 3.04. The Morgan fingerprint density at radius 2 is 2.08 bits per heavy atom. The zero-order chi connectivity index (χ0) is 16.7. The molecule has 1 aliphatic rings. The topological polar surface area (TPSA) is 64.3 Å². The Hall–Kier alpha value is -0.750. The molecule has 0 saturated heterocycles. The molecule has 24 heavy (non-hydrogen) atoms. The number of halogens is 1. The summed E-state index contributed by atoms with van der Waals surface area (Å²) in [4.78, 5) is 13.4. The van der Waals surface area contributed by atoms with Gasteiger partial charge in [0.2, 0.25) is 5.91 Å². The maximum absolute atomic E-state index is 12.2. The molecule has 1 fully saturated rings.